The summed E-state index contributed by atoms with van der Waals surface area (Å²) in [5.41, 5.74) is 1.01. The summed E-state index contributed by atoms with van der Waals surface area (Å²) in [7, 11) is 0. The summed E-state index contributed by atoms with van der Waals surface area (Å²) < 4.78 is 11.3. The topological polar surface area (TPSA) is 67.6 Å². The second-order valence-corrected chi connectivity index (χ2v) is 5.90. The number of carbonyl (C=O) groups excluding carboxylic acids is 1. The Hall–Kier alpha value is -2.50. The van der Waals surface area contributed by atoms with E-state index in [1.54, 1.807) is 11.1 Å². The smallest absolute Gasteiger partial charge is 0.318 e. The van der Waals surface area contributed by atoms with Crippen molar-refractivity contribution in [2.45, 2.75) is 39.5 Å². The normalized spacial score (nSPS) is 18.6. The quantitative estimate of drug-likeness (QED) is 0.925. The van der Waals surface area contributed by atoms with E-state index in [9.17, 15) is 4.79 Å². The third-order valence-corrected chi connectivity index (χ3v) is 3.78. The van der Waals surface area contributed by atoms with Crippen molar-refractivity contribution >= 4 is 6.03 Å². The molecule has 1 aromatic heterocycles. The lowest BCUT2D eigenvalue weighted by atomic mass is 10.2. The van der Waals surface area contributed by atoms with Gasteiger partial charge in [0.1, 0.15) is 23.7 Å². The SMILES string of the molecule is Cc1cnc(C(C)NC(=O)N2Cc3ccccc3OC(C)C2)o1. The number of oxazole rings is 1. The average molecular weight is 315 g/mol. The molecule has 6 heteroatoms. The van der Waals surface area contributed by atoms with Crippen LogP contribution in [0.5, 0.6) is 5.75 Å². The first-order valence-corrected chi connectivity index (χ1v) is 7.75. The minimum atomic E-state index is -0.286. The molecule has 0 aliphatic carbocycles. The lowest BCUT2D eigenvalue weighted by Gasteiger charge is -2.24. The van der Waals surface area contributed by atoms with Crippen molar-refractivity contribution < 1.29 is 13.9 Å². The van der Waals surface area contributed by atoms with Crippen molar-refractivity contribution in [3.63, 3.8) is 0 Å². The number of aromatic nitrogens is 1. The van der Waals surface area contributed by atoms with Gasteiger partial charge in [-0.05, 0) is 26.8 Å². The van der Waals surface area contributed by atoms with Crippen molar-refractivity contribution in [3.8, 4) is 5.75 Å². The number of urea groups is 1. The van der Waals surface area contributed by atoms with Crippen molar-refractivity contribution in [2.24, 2.45) is 0 Å². The number of carbonyl (C=O) groups is 1. The largest absolute Gasteiger partial charge is 0.489 e. The second kappa shape index (κ2) is 6.32. The number of nitrogens with zero attached hydrogens (tertiary/aromatic N) is 2. The van der Waals surface area contributed by atoms with E-state index in [4.69, 9.17) is 9.15 Å². The molecular formula is C17H21N3O3. The summed E-state index contributed by atoms with van der Waals surface area (Å²) in [5, 5.41) is 2.93. The number of benzene rings is 1. The summed E-state index contributed by atoms with van der Waals surface area (Å²) in [4.78, 5) is 18.5. The zero-order valence-corrected chi connectivity index (χ0v) is 13.6. The maximum absolute atomic E-state index is 12.6. The van der Waals surface area contributed by atoms with E-state index in [0.29, 0.717) is 19.0 Å². The van der Waals surface area contributed by atoms with Gasteiger partial charge in [0.05, 0.1) is 19.3 Å². The molecule has 0 spiro atoms. The van der Waals surface area contributed by atoms with Crippen LogP contribution in [0.2, 0.25) is 0 Å². The van der Waals surface area contributed by atoms with E-state index in [1.807, 2.05) is 45.0 Å². The number of rotatable bonds is 2. The molecule has 122 valence electrons. The molecule has 0 bridgehead atoms. The van der Waals surface area contributed by atoms with Crippen LogP contribution in [-0.4, -0.2) is 28.6 Å². The number of para-hydroxylation sites is 1. The van der Waals surface area contributed by atoms with Crippen LogP contribution in [0.4, 0.5) is 4.79 Å². The molecule has 2 atom stereocenters. The van der Waals surface area contributed by atoms with Gasteiger partial charge in [-0.15, -0.1) is 0 Å². The molecule has 3 rings (SSSR count). The predicted molar refractivity (Wildman–Crippen MR) is 85.1 cm³/mol. The Balaban J connectivity index is 1.71. The fraction of sp³-hybridized carbons (Fsp3) is 0.412. The molecular weight excluding hydrogens is 294 g/mol. The number of hydrogen-bond acceptors (Lipinski definition) is 4. The first kappa shape index (κ1) is 15.4. The van der Waals surface area contributed by atoms with Crippen LogP contribution < -0.4 is 10.1 Å². The molecule has 2 amide bonds. The highest BCUT2D eigenvalue weighted by Crippen LogP contribution is 2.25. The fourth-order valence-electron chi connectivity index (χ4n) is 2.65. The number of nitrogens with one attached hydrogen (secondary N) is 1. The van der Waals surface area contributed by atoms with Crippen LogP contribution in [0.3, 0.4) is 0 Å². The second-order valence-electron chi connectivity index (χ2n) is 5.90. The van der Waals surface area contributed by atoms with Gasteiger partial charge in [0.25, 0.3) is 0 Å². The van der Waals surface area contributed by atoms with E-state index in [2.05, 4.69) is 10.3 Å². The van der Waals surface area contributed by atoms with Crippen molar-refractivity contribution in [3.05, 3.63) is 47.7 Å². The first-order valence-electron chi connectivity index (χ1n) is 7.75. The Bertz CT molecular complexity index is 698. The van der Waals surface area contributed by atoms with Crippen LogP contribution in [0.25, 0.3) is 0 Å². The van der Waals surface area contributed by atoms with Gasteiger partial charge >= 0.3 is 6.03 Å². The standard InChI is InChI=1S/C17H21N3O3/c1-11-8-18-16(23-11)13(3)19-17(21)20-9-12(2)22-15-7-5-4-6-14(15)10-20/h4-8,12-13H,9-10H2,1-3H3,(H,19,21). The maximum Gasteiger partial charge on any atom is 0.318 e. The Morgan fingerprint density at radius 2 is 2.22 bits per heavy atom. The van der Waals surface area contributed by atoms with Gasteiger partial charge in [0, 0.05) is 5.56 Å². The van der Waals surface area contributed by atoms with Crippen LogP contribution in [-0.2, 0) is 6.54 Å². The van der Waals surface area contributed by atoms with Gasteiger partial charge in [-0.25, -0.2) is 9.78 Å². The number of ether oxygens (including phenoxy) is 1. The summed E-state index contributed by atoms with van der Waals surface area (Å²) >= 11 is 0. The van der Waals surface area contributed by atoms with E-state index in [-0.39, 0.29) is 18.2 Å². The van der Waals surface area contributed by atoms with Gasteiger partial charge in [-0.3, -0.25) is 0 Å². The lowest BCUT2D eigenvalue weighted by Crippen LogP contribution is -2.43. The number of fused-ring (bicyclic) bond motifs is 1. The summed E-state index contributed by atoms with van der Waals surface area (Å²) in [6.45, 7) is 6.69. The van der Waals surface area contributed by atoms with Crippen molar-refractivity contribution in [1.29, 1.82) is 0 Å². The summed E-state index contributed by atoms with van der Waals surface area (Å²) in [5.74, 6) is 2.08. The van der Waals surface area contributed by atoms with Gasteiger partial charge in [0.2, 0.25) is 5.89 Å². The minimum absolute atomic E-state index is 0.0660. The van der Waals surface area contributed by atoms with E-state index >= 15 is 0 Å². The molecule has 23 heavy (non-hydrogen) atoms. The molecule has 2 heterocycles. The molecule has 1 aliphatic rings. The van der Waals surface area contributed by atoms with Crippen molar-refractivity contribution in [1.82, 2.24) is 15.2 Å². The average Bonchev–Trinajstić information content (AvgIpc) is 2.87. The molecule has 0 fully saturated rings. The fourth-order valence-corrected chi connectivity index (χ4v) is 2.65. The molecule has 0 saturated carbocycles. The highest BCUT2D eigenvalue weighted by atomic mass is 16.5. The Labute approximate surface area is 135 Å². The maximum atomic E-state index is 12.6. The highest BCUT2D eigenvalue weighted by Gasteiger charge is 2.25. The Morgan fingerprint density at radius 3 is 2.96 bits per heavy atom. The lowest BCUT2D eigenvalue weighted by molar-refractivity contribution is 0.155. The number of hydrogen-bond donors (Lipinski definition) is 1. The van der Waals surface area contributed by atoms with Crippen LogP contribution in [0.15, 0.2) is 34.9 Å². The zero-order valence-electron chi connectivity index (χ0n) is 13.6. The summed E-state index contributed by atoms with van der Waals surface area (Å²) in [6.07, 6.45) is 1.58. The van der Waals surface area contributed by atoms with Gasteiger partial charge in [-0.2, -0.15) is 0 Å². The molecule has 1 aliphatic heterocycles. The van der Waals surface area contributed by atoms with Gasteiger partial charge in [-0.1, -0.05) is 18.2 Å². The molecule has 0 radical (unpaired) electrons. The van der Waals surface area contributed by atoms with Gasteiger partial charge in [0.15, 0.2) is 0 Å². The van der Waals surface area contributed by atoms with Crippen LogP contribution in [0.1, 0.15) is 37.1 Å². The third-order valence-electron chi connectivity index (χ3n) is 3.78. The molecule has 0 saturated heterocycles. The summed E-state index contributed by atoms with van der Waals surface area (Å²) in [6, 6.07) is 7.37. The highest BCUT2D eigenvalue weighted by molar-refractivity contribution is 5.74. The molecule has 1 aromatic carbocycles. The Kier molecular flexibility index (Phi) is 4.23. The van der Waals surface area contributed by atoms with E-state index < -0.39 is 0 Å². The molecule has 6 nitrogen and oxygen atoms in total. The molecule has 2 aromatic rings. The van der Waals surface area contributed by atoms with Gasteiger partial charge < -0.3 is 19.4 Å². The Morgan fingerprint density at radius 1 is 1.43 bits per heavy atom. The van der Waals surface area contributed by atoms with E-state index in [1.165, 1.54) is 0 Å². The number of amides is 2. The van der Waals surface area contributed by atoms with E-state index in [0.717, 1.165) is 17.1 Å². The molecule has 2 unspecified atom stereocenters. The predicted octanol–water partition coefficient (Wildman–Crippen LogP) is 3.04. The van der Waals surface area contributed by atoms with Crippen molar-refractivity contribution in [2.75, 3.05) is 6.54 Å². The number of aryl methyl sites for hydroxylation is 1. The molecule has 1 N–H and O–H groups in total. The monoisotopic (exact) mass is 315 g/mol. The third kappa shape index (κ3) is 3.47. The van der Waals surface area contributed by atoms with Crippen LogP contribution >= 0.6 is 0 Å². The first-order chi connectivity index (χ1) is 11.0. The van der Waals surface area contributed by atoms with Crippen LogP contribution in [0, 0.1) is 6.92 Å². The minimum Gasteiger partial charge on any atom is -0.489 e. The zero-order chi connectivity index (χ0) is 16.4.